The molecule has 0 saturated carbocycles. The predicted molar refractivity (Wildman–Crippen MR) is 294 cm³/mol. The Hall–Kier alpha value is -5.57. The molecule has 5 nitrogen and oxygen atoms in total. The Kier molecular flexibility index (Phi) is 11.6. The van der Waals surface area contributed by atoms with E-state index in [0.29, 0.717) is 16.8 Å². The average molecular weight is 1170 g/mol. The van der Waals surface area contributed by atoms with Gasteiger partial charge in [-0.05, 0) is 83.9 Å². The number of fused-ring (bicyclic) bond motifs is 7. The van der Waals surface area contributed by atoms with Crippen LogP contribution in [0.5, 0.6) is 0 Å². The minimum atomic E-state index is -2.61. The van der Waals surface area contributed by atoms with Gasteiger partial charge in [-0.25, -0.2) is 4.98 Å². The van der Waals surface area contributed by atoms with Gasteiger partial charge in [0.2, 0.25) is 0 Å². The van der Waals surface area contributed by atoms with Crippen molar-refractivity contribution < 1.29 is 27.0 Å². The van der Waals surface area contributed by atoms with E-state index in [4.69, 9.17) is 17.2 Å². The largest absolute Gasteiger partial charge is 3.00 e. The first-order chi connectivity index (χ1) is 34.6. The van der Waals surface area contributed by atoms with Crippen LogP contribution in [-0.4, -0.2) is 27.8 Å². The summed E-state index contributed by atoms with van der Waals surface area (Å²) in [6, 6.07) is 52.8. The summed E-state index contributed by atoms with van der Waals surface area (Å²) in [6.45, 7) is 12.7. The molecule has 4 aromatic heterocycles. The summed E-state index contributed by atoms with van der Waals surface area (Å²) in [7, 11) is 0. The minimum absolute atomic E-state index is 0. The molecule has 0 radical (unpaired) electrons. The Labute approximate surface area is 435 Å². The molecule has 10 aromatic rings. The van der Waals surface area contributed by atoms with Gasteiger partial charge in [-0.1, -0.05) is 80.1 Å². The first-order valence-corrected chi connectivity index (χ1v) is 31.7. The van der Waals surface area contributed by atoms with Crippen molar-refractivity contribution in [1.29, 1.82) is 0 Å². The van der Waals surface area contributed by atoms with Gasteiger partial charge in [0.1, 0.15) is 4.83 Å². The monoisotopic (exact) mass is 1170 g/mol. The summed E-state index contributed by atoms with van der Waals surface area (Å²) in [5.74, 6) is 6.05. The third-order valence-corrected chi connectivity index (χ3v) is 18.3. The van der Waals surface area contributed by atoms with E-state index < -0.39 is 26.5 Å². The van der Waals surface area contributed by atoms with Gasteiger partial charge in [0.15, 0.2) is 0 Å². The molecule has 11 rings (SSSR count). The van der Waals surface area contributed by atoms with Crippen LogP contribution in [0.4, 0.5) is 17.1 Å². The molecule has 1 atom stereocenters. The molecule has 8 heteroatoms. The number of anilines is 2. The van der Waals surface area contributed by atoms with E-state index in [2.05, 4.69) is 176 Å². The molecule has 1 unspecified atom stereocenters. The molecule has 6 aromatic carbocycles. The van der Waals surface area contributed by atoms with E-state index in [9.17, 15) is 0 Å². The fourth-order valence-electron chi connectivity index (χ4n) is 9.78. The first kappa shape index (κ1) is 42.3. The first-order valence-electron chi connectivity index (χ1n) is 26.0. The van der Waals surface area contributed by atoms with Crippen LogP contribution < -0.4 is 9.30 Å². The molecule has 0 amide bonds. The summed E-state index contributed by atoms with van der Waals surface area (Å²) in [6.07, 6.45) is -0.00999. The van der Waals surface area contributed by atoms with Crippen molar-refractivity contribution in [2.24, 2.45) is 5.92 Å². The van der Waals surface area contributed by atoms with Gasteiger partial charge in [0.05, 0.1) is 11.0 Å². The van der Waals surface area contributed by atoms with Crippen molar-refractivity contribution in [1.82, 2.24) is 14.5 Å². The molecule has 5 heterocycles. The maximum Gasteiger partial charge on any atom is 3.00 e. The Bertz CT molecular complexity index is 3730. The Morgan fingerprint density at radius 1 is 0.826 bits per heavy atom. The zero-order valence-corrected chi connectivity index (χ0v) is 46.2. The number of aryl methyl sites for hydroxylation is 3. The Balaban J connectivity index is 0.000000213. The van der Waals surface area contributed by atoms with E-state index in [1.54, 1.807) is 29.5 Å². The average Bonchev–Trinajstić information content (AvgIpc) is 4.03. The number of nitrogens with zero attached hydrogens (tertiary/aromatic N) is 5. The quantitative estimate of drug-likeness (QED) is 0.118. The van der Waals surface area contributed by atoms with Crippen LogP contribution in [0.2, 0.25) is 17.3 Å². The SMILES string of the molecule is Cc1cc2c3ccc(C(C)(C)C)cc3n(-c3ccccc3)c2c(C)c1N1c2ccccc2[N-]C1c1[c-]ccc2c1sc1ncccc12.[2H]C([2H])([2H])c1nc(-c2[c-]cccc2)c(C([2H])([2H])C(C)C)c[c]1[Ge]([CH3])([CH3])[CH3].[Ir+3]. The molecule has 1 aliphatic heterocycles. The number of rotatable bonds is 7. The van der Waals surface area contributed by atoms with Crippen LogP contribution in [-0.2, 0) is 31.9 Å². The van der Waals surface area contributed by atoms with E-state index in [-0.39, 0.29) is 43.3 Å². The number of para-hydroxylation sites is 3. The molecule has 0 saturated heterocycles. The summed E-state index contributed by atoms with van der Waals surface area (Å²) in [4.78, 5) is 12.7. The number of pyridine rings is 2. The summed E-state index contributed by atoms with van der Waals surface area (Å²) in [5, 5.41) is 10.3. The Morgan fingerprint density at radius 2 is 1.59 bits per heavy atom. The van der Waals surface area contributed by atoms with E-state index in [1.807, 2.05) is 38.2 Å². The van der Waals surface area contributed by atoms with Crippen molar-refractivity contribution >= 4 is 88.2 Å². The molecular formula is C61H60GeIrN5S. The number of hydrogen-bond donors (Lipinski definition) is 0. The molecular weight excluding hydrogens is 1100 g/mol. The van der Waals surface area contributed by atoms with Crippen molar-refractivity contribution in [3.05, 3.63) is 191 Å². The van der Waals surface area contributed by atoms with Gasteiger partial charge >= 0.3 is 159 Å². The summed E-state index contributed by atoms with van der Waals surface area (Å²) >= 11 is -0.874. The molecule has 0 fully saturated rings. The zero-order valence-electron chi connectivity index (χ0n) is 45.9. The topological polar surface area (TPSA) is 48.1 Å². The van der Waals surface area contributed by atoms with Crippen LogP contribution in [0.1, 0.15) is 81.1 Å². The molecule has 348 valence electrons. The third kappa shape index (κ3) is 8.97. The van der Waals surface area contributed by atoms with Gasteiger partial charge in [-0.15, -0.1) is 16.6 Å². The van der Waals surface area contributed by atoms with E-state index in [0.717, 1.165) is 31.9 Å². The van der Waals surface area contributed by atoms with Crippen LogP contribution in [0.25, 0.3) is 64.4 Å². The number of hydrogen-bond acceptors (Lipinski definition) is 4. The Morgan fingerprint density at radius 3 is 2.32 bits per heavy atom. The molecule has 1 aliphatic rings. The standard InChI is InChI=1S/C42H34N4S.C19H26GeN.Ir/c1-25-23-33-29-21-20-27(42(3,4)5)24-36(29)45(28-13-7-6-8-14-28)38(33)26(2)37(25)46-35-19-10-9-18-34(35)44-40(46)32-16-11-15-30-31-17-12-22-43-41(31)47-39(30)32;1-14(2)12-17-13-18(20(4,5)6)15(3)21-19(17)16-10-8-7-9-11-16;/h6-15,17-24,40H,1-5H3;7-10,13-14H,12H2,1-6H3;/q-2;-1;+3/i;3D3,12D2;. The maximum atomic E-state index is 8.63. The molecule has 0 bridgehead atoms. The van der Waals surface area contributed by atoms with Gasteiger partial charge in [0.25, 0.3) is 0 Å². The number of aromatic nitrogens is 3. The van der Waals surface area contributed by atoms with Crippen LogP contribution >= 0.6 is 11.3 Å². The van der Waals surface area contributed by atoms with Crippen LogP contribution in [0.3, 0.4) is 0 Å². The maximum absolute atomic E-state index is 8.63. The second-order valence-corrected chi connectivity index (χ2v) is 31.8. The van der Waals surface area contributed by atoms with Crippen molar-refractivity contribution in [2.45, 2.75) is 90.5 Å². The smallest absolute Gasteiger partial charge is 3.00 e. The van der Waals surface area contributed by atoms with Gasteiger partial charge in [-0.3, -0.25) is 0 Å². The number of benzene rings is 6. The van der Waals surface area contributed by atoms with Gasteiger partial charge in [0, 0.05) is 34.0 Å². The fourth-order valence-corrected chi connectivity index (χ4v) is 13.8. The molecule has 0 N–H and O–H groups in total. The van der Waals surface area contributed by atoms with Gasteiger partial charge < -0.3 is 14.8 Å². The third-order valence-electron chi connectivity index (χ3n) is 13.0. The molecule has 69 heavy (non-hydrogen) atoms. The fraction of sp³-hybridized carbons (Fsp3) is 0.246. The van der Waals surface area contributed by atoms with Crippen molar-refractivity contribution in [2.75, 3.05) is 4.90 Å². The summed E-state index contributed by atoms with van der Waals surface area (Å²) in [5.41, 5.74) is 13.4. The van der Waals surface area contributed by atoms with Crippen LogP contribution in [0, 0.1) is 38.8 Å². The predicted octanol–water partition coefficient (Wildman–Crippen LogP) is 16.7. The van der Waals surface area contributed by atoms with Crippen molar-refractivity contribution in [3.8, 4) is 16.9 Å². The minimum Gasteiger partial charge on any atom is 3.00 e. The number of thiophene rings is 1. The second-order valence-electron chi connectivity index (χ2n) is 20.3. The van der Waals surface area contributed by atoms with Crippen molar-refractivity contribution in [3.63, 3.8) is 0 Å². The molecule has 0 aliphatic carbocycles. The van der Waals surface area contributed by atoms with E-state index >= 15 is 0 Å². The van der Waals surface area contributed by atoms with Crippen LogP contribution in [0.15, 0.2) is 140 Å². The second kappa shape index (κ2) is 19.0. The summed E-state index contributed by atoms with van der Waals surface area (Å²) < 4.78 is 45.5. The zero-order chi connectivity index (χ0) is 51.9. The van der Waals surface area contributed by atoms with Gasteiger partial charge in [-0.2, -0.15) is 29.5 Å². The normalized spacial score (nSPS) is 15.2. The van der Waals surface area contributed by atoms with E-state index in [1.165, 1.54) is 59.7 Å². The molecule has 0 spiro atoms.